The number of aryl methyl sites for hydroxylation is 1. The van der Waals surface area contributed by atoms with Gasteiger partial charge in [0.05, 0.1) is 0 Å². The molecule has 5 heteroatoms. The molecule has 1 fully saturated rings. The molecule has 1 N–H and O–H groups in total. The maximum Gasteiger partial charge on any atom is 0.227 e. The first-order valence-electron chi connectivity index (χ1n) is 5.95. The summed E-state index contributed by atoms with van der Waals surface area (Å²) in [4.78, 5) is 12.6. The second-order valence-corrected chi connectivity index (χ2v) is 4.56. The third-order valence-corrected chi connectivity index (χ3v) is 3.02. The van der Waals surface area contributed by atoms with Crippen LogP contribution >= 0.6 is 11.6 Å². The van der Waals surface area contributed by atoms with Gasteiger partial charge in [-0.1, -0.05) is 13.3 Å². The second kappa shape index (κ2) is 5.43. The molecule has 1 aliphatic carbocycles. The predicted octanol–water partition coefficient (Wildman–Crippen LogP) is 2.83. The Bertz CT molecular complexity index is 352. The number of hydrogen-bond donors (Lipinski definition) is 1. The average Bonchev–Trinajstić information content (AvgIpc) is 2.20. The van der Waals surface area contributed by atoms with E-state index in [9.17, 15) is 0 Å². The zero-order valence-corrected chi connectivity index (χ0v) is 10.3. The van der Waals surface area contributed by atoms with Crippen molar-refractivity contribution < 1.29 is 0 Å². The SMILES string of the molecule is CCCCc1nc(Cl)nc(NC2CCC2)n1. The lowest BCUT2D eigenvalue weighted by molar-refractivity contribution is 0.442. The Morgan fingerprint density at radius 2 is 2.12 bits per heavy atom. The number of unbranched alkanes of at least 4 members (excludes halogenated alkanes) is 1. The van der Waals surface area contributed by atoms with Gasteiger partial charge in [-0.3, -0.25) is 0 Å². The van der Waals surface area contributed by atoms with Crippen LogP contribution in [-0.2, 0) is 6.42 Å². The van der Waals surface area contributed by atoms with Crippen LogP contribution < -0.4 is 5.32 Å². The molecule has 1 aliphatic rings. The van der Waals surface area contributed by atoms with Gasteiger partial charge in [0, 0.05) is 12.5 Å². The first-order chi connectivity index (χ1) is 7.78. The summed E-state index contributed by atoms with van der Waals surface area (Å²) < 4.78 is 0. The van der Waals surface area contributed by atoms with E-state index in [2.05, 4.69) is 27.2 Å². The van der Waals surface area contributed by atoms with Crippen molar-refractivity contribution in [2.24, 2.45) is 0 Å². The predicted molar refractivity (Wildman–Crippen MR) is 64.7 cm³/mol. The van der Waals surface area contributed by atoms with Gasteiger partial charge in [-0.2, -0.15) is 9.97 Å². The van der Waals surface area contributed by atoms with E-state index in [1.165, 1.54) is 19.3 Å². The van der Waals surface area contributed by atoms with E-state index in [4.69, 9.17) is 11.6 Å². The van der Waals surface area contributed by atoms with E-state index in [0.29, 0.717) is 17.3 Å². The van der Waals surface area contributed by atoms with Crippen molar-refractivity contribution in [1.82, 2.24) is 15.0 Å². The van der Waals surface area contributed by atoms with Gasteiger partial charge < -0.3 is 5.32 Å². The molecule has 0 amide bonds. The average molecular weight is 241 g/mol. The lowest BCUT2D eigenvalue weighted by Crippen LogP contribution is -2.28. The van der Waals surface area contributed by atoms with E-state index in [0.717, 1.165) is 25.1 Å². The topological polar surface area (TPSA) is 50.7 Å². The van der Waals surface area contributed by atoms with E-state index >= 15 is 0 Å². The van der Waals surface area contributed by atoms with Gasteiger partial charge >= 0.3 is 0 Å². The first kappa shape index (κ1) is 11.6. The number of nitrogens with one attached hydrogen (secondary N) is 1. The minimum atomic E-state index is 0.294. The molecule has 2 rings (SSSR count). The fourth-order valence-electron chi connectivity index (χ4n) is 1.64. The fourth-order valence-corrected chi connectivity index (χ4v) is 1.82. The van der Waals surface area contributed by atoms with Gasteiger partial charge in [-0.05, 0) is 37.3 Å². The van der Waals surface area contributed by atoms with Crippen molar-refractivity contribution in [2.45, 2.75) is 51.5 Å². The first-order valence-corrected chi connectivity index (χ1v) is 6.32. The Kier molecular flexibility index (Phi) is 3.93. The second-order valence-electron chi connectivity index (χ2n) is 4.22. The highest BCUT2D eigenvalue weighted by Crippen LogP contribution is 2.22. The summed E-state index contributed by atoms with van der Waals surface area (Å²) in [6.45, 7) is 2.15. The van der Waals surface area contributed by atoms with Gasteiger partial charge in [0.25, 0.3) is 0 Å². The number of nitrogens with zero attached hydrogens (tertiary/aromatic N) is 3. The smallest absolute Gasteiger partial charge is 0.227 e. The van der Waals surface area contributed by atoms with Crippen molar-refractivity contribution in [3.8, 4) is 0 Å². The largest absolute Gasteiger partial charge is 0.351 e. The summed E-state index contributed by atoms with van der Waals surface area (Å²) in [7, 11) is 0. The molecule has 0 saturated heterocycles. The van der Waals surface area contributed by atoms with Crippen molar-refractivity contribution in [2.75, 3.05) is 5.32 Å². The number of halogens is 1. The summed E-state index contributed by atoms with van der Waals surface area (Å²) in [6, 6.07) is 0.525. The summed E-state index contributed by atoms with van der Waals surface area (Å²) in [6.07, 6.45) is 6.79. The van der Waals surface area contributed by atoms with Gasteiger partial charge in [0.2, 0.25) is 11.2 Å². The fraction of sp³-hybridized carbons (Fsp3) is 0.727. The summed E-state index contributed by atoms with van der Waals surface area (Å²) in [5.41, 5.74) is 0. The molecule has 0 aromatic carbocycles. The molecule has 1 aromatic heterocycles. The molecule has 0 atom stereocenters. The molecule has 4 nitrogen and oxygen atoms in total. The van der Waals surface area contributed by atoms with Crippen molar-refractivity contribution >= 4 is 17.5 Å². The third-order valence-electron chi connectivity index (χ3n) is 2.85. The molecule has 88 valence electrons. The number of rotatable bonds is 5. The normalized spacial score (nSPS) is 15.9. The van der Waals surface area contributed by atoms with E-state index in [-0.39, 0.29) is 0 Å². The number of hydrogen-bond acceptors (Lipinski definition) is 4. The Balaban J connectivity index is 2.02. The van der Waals surface area contributed by atoms with Crippen LogP contribution in [0.3, 0.4) is 0 Å². The van der Waals surface area contributed by atoms with Crippen LogP contribution in [0.5, 0.6) is 0 Å². The quantitative estimate of drug-likeness (QED) is 0.860. The van der Waals surface area contributed by atoms with Crippen LogP contribution in [0.25, 0.3) is 0 Å². The summed E-state index contributed by atoms with van der Waals surface area (Å²) >= 11 is 5.87. The van der Waals surface area contributed by atoms with Gasteiger partial charge in [-0.25, -0.2) is 4.98 Å². The van der Waals surface area contributed by atoms with Crippen LogP contribution in [0, 0.1) is 0 Å². The highest BCUT2D eigenvalue weighted by Gasteiger charge is 2.18. The molecular formula is C11H17ClN4. The molecular weight excluding hydrogens is 224 g/mol. The van der Waals surface area contributed by atoms with Crippen molar-refractivity contribution in [3.05, 3.63) is 11.1 Å². The molecule has 0 bridgehead atoms. The summed E-state index contributed by atoms with van der Waals surface area (Å²) in [5, 5.41) is 3.58. The molecule has 1 aromatic rings. The molecule has 0 spiro atoms. The molecule has 0 radical (unpaired) electrons. The number of aromatic nitrogens is 3. The van der Waals surface area contributed by atoms with E-state index < -0.39 is 0 Å². The minimum absolute atomic E-state index is 0.294. The Morgan fingerprint density at radius 3 is 2.75 bits per heavy atom. The monoisotopic (exact) mass is 240 g/mol. The lowest BCUT2D eigenvalue weighted by atomic mass is 9.93. The highest BCUT2D eigenvalue weighted by atomic mass is 35.5. The Morgan fingerprint density at radius 1 is 1.31 bits per heavy atom. The lowest BCUT2D eigenvalue weighted by Gasteiger charge is -2.26. The van der Waals surface area contributed by atoms with E-state index in [1.54, 1.807) is 0 Å². The minimum Gasteiger partial charge on any atom is -0.351 e. The maximum atomic E-state index is 5.87. The third kappa shape index (κ3) is 3.04. The van der Waals surface area contributed by atoms with Crippen LogP contribution in [0.15, 0.2) is 0 Å². The van der Waals surface area contributed by atoms with Gasteiger partial charge in [0.1, 0.15) is 5.82 Å². The zero-order chi connectivity index (χ0) is 11.4. The van der Waals surface area contributed by atoms with Gasteiger partial charge in [0.15, 0.2) is 0 Å². The Labute approximate surface area is 101 Å². The van der Waals surface area contributed by atoms with Crippen LogP contribution in [0.4, 0.5) is 5.95 Å². The van der Waals surface area contributed by atoms with Crippen LogP contribution in [-0.4, -0.2) is 21.0 Å². The molecule has 0 unspecified atom stereocenters. The van der Waals surface area contributed by atoms with Crippen LogP contribution in [0.2, 0.25) is 5.28 Å². The van der Waals surface area contributed by atoms with Gasteiger partial charge in [-0.15, -0.1) is 0 Å². The van der Waals surface area contributed by atoms with Crippen molar-refractivity contribution in [3.63, 3.8) is 0 Å². The van der Waals surface area contributed by atoms with E-state index in [1.807, 2.05) is 0 Å². The molecule has 16 heavy (non-hydrogen) atoms. The maximum absolute atomic E-state index is 5.87. The summed E-state index contributed by atoms with van der Waals surface area (Å²) in [5.74, 6) is 1.43. The highest BCUT2D eigenvalue weighted by molar-refractivity contribution is 6.28. The standard InChI is InChI=1S/C11H17ClN4/c1-2-3-7-9-14-10(12)16-11(15-9)13-8-5-4-6-8/h8H,2-7H2,1H3,(H,13,14,15,16). The van der Waals surface area contributed by atoms with Crippen LogP contribution in [0.1, 0.15) is 44.9 Å². The van der Waals surface area contributed by atoms with Crippen molar-refractivity contribution in [1.29, 1.82) is 0 Å². The molecule has 1 heterocycles. The molecule has 0 aliphatic heterocycles. The number of anilines is 1. The molecule has 1 saturated carbocycles. The zero-order valence-electron chi connectivity index (χ0n) is 9.54. The Hall–Kier alpha value is -0.900.